The fraction of sp³-hybridized carbons (Fsp3) is 0.857. The Morgan fingerprint density at radius 3 is 3.11 bits per heavy atom. The van der Waals surface area contributed by atoms with E-state index in [9.17, 15) is 0 Å². The SMILES string of the molecule is OC[CH]CC1CCCO1. The van der Waals surface area contributed by atoms with Gasteiger partial charge in [-0.05, 0) is 25.7 Å². The molecule has 1 aliphatic rings. The Bertz CT molecular complexity index is 67.3. The number of rotatable bonds is 3. The Labute approximate surface area is 55.8 Å². The third-order valence-electron chi connectivity index (χ3n) is 1.58. The topological polar surface area (TPSA) is 29.5 Å². The highest BCUT2D eigenvalue weighted by Crippen LogP contribution is 2.15. The average Bonchev–Trinajstić information content (AvgIpc) is 2.34. The maximum absolute atomic E-state index is 8.42. The molecule has 0 amide bonds. The lowest BCUT2D eigenvalue weighted by atomic mass is 10.1. The molecule has 9 heavy (non-hydrogen) atoms. The van der Waals surface area contributed by atoms with Crippen molar-refractivity contribution in [2.75, 3.05) is 13.2 Å². The second-order valence-electron chi connectivity index (χ2n) is 2.34. The summed E-state index contributed by atoms with van der Waals surface area (Å²) in [6, 6.07) is 0. The third kappa shape index (κ3) is 2.33. The fourth-order valence-electron chi connectivity index (χ4n) is 1.09. The number of hydrogen-bond acceptors (Lipinski definition) is 2. The smallest absolute Gasteiger partial charge is 0.0579 e. The molecule has 53 valence electrons. The van der Waals surface area contributed by atoms with Crippen molar-refractivity contribution in [2.24, 2.45) is 0 Å². The molecule has 1 aliphatic heterocycles. The predicted octanol–water partition coefficient (Wildman–Crippen LogP) is 0.752. The zero-order chi connectivity index (χ0) is 6.53. The van der Waals surface area contributed by atoms with E-state index in [0.29, 0.717) is 6.10 Å². The lowest BCUT2D eigenvalue weighted by Gasteiger charge is -2.05. The summed E-state index contributed by atoms with van der Waals surface area (Å²) in [5.41, 5.74) is 0. The average molecular weight is 129 g/mol. The highest BCUT2D eigenvalue weighted by Gasteiger charge is 2.13. The molecular formula is C7H13O2. The van der Waals surface area contributed by atoms with Crippen LogP contribution in [0.15, 0.2) is 0 Å². The highest BCUT2D eigenvalue weighted by molar-refractivity contribution is 4.73. The summed E-state index contributed by atoms with van der Waals surface area (Å²) in [7, 11) is 0. The maximum atomic E-state index is 8.42. The molecule has 1 rings (SSSR count). The van der Waals surface area contributed by atoms with Crippen molar-refractivity contribution in [1.29, 1.82) is 0 Å². The van der Waals surface area contributed by atoms with E-state index in [2.05, 4.69) is 0 Å². The molecule has 2 nitrogen and oxygen atoms in total. The van der Waals surface area contributed by atoms with Gasteiger partial charge in [0.1, 0.15) is 0 Å². The fourth-order valence-corrected chi connectivity index (χ4v) is 1.09. The monoisotopic (exact) mass is 129 g/mol. The lowest BCUT2D eigenvalue weighted by molar-refractivity contribution is 0.108. The molecule has 0 bridgehead atoms. The van der Waals surface area contributed by atoms with Crippen molar-refractivity contribution in [2.45, 2.75) is 25.4 Å². The first-order chi connectivity index (χ1) is 4.43. The van der Waals surface area contributed by atoms with Gasteiger partial charge < -0.3 is 9.84 Å². The number of aliphatic hydroxyl groups is 1. The molecule has 1 unspecified atom stereocenters. The third-order valence-corrected chi connectivity index (χ3v) is 1.58. The minimum Gasteiger partial charge on any atom is -0.396 e. The molecule has 2 heteroatoms. The molecule has 1 fully saturated rings. The van der Waals surface area contributed by atoms with Crippen LogP contribution in [0.5, 0.6) is 0 Å². The highest BCUT2D eigenvalue weighted by atomic mass is 16.5. The maximum Gasteiger partial charge on any atom is 0.0579 e. The van der Waals surface area contributed by atoms with E-state index in [0.717, 1.165) is 19.4 Å². The van der Waals surface area contributed by atoms with Crippen LogP contribution in [0.1, 0.15) is 19.3 Å². The van der Waals surface area contributed by atoms with Crippen LogP contribution < -0.4 is 0 Å². The number of ether oxygens (including phenoxy) is 1. The van der Waals surface area contributed by atoms with E-state index in [4.69, 9.17) is 9.84 Å². The van der Waals surface area contributed by atoms with E-state index in [1.54, 1.807) is 0 Å². The number of aliphatic hydroxyl groups excluding tert-OH is 1. The molecule has 0 aromatic carbocycles. The Morgan fingerprint density at radius 2 is 2.56 bits per heavy atom. The Kier molecular flexibility index (Phi) is 3.01. The summed E-state index contributed by atoms with van der Waals surface area (Å²) in [5.74, 6) is 0. The zero-order valence-electron chi connectivity index (χ0n) is 5.55. The van der Waals surface area contributed by atoms with Crippen molar-refractivity contribution in [3.8, 4) is 0 Å². The second-order valence-corrected chi connectivity index (χ2v) is 2.34. The quantitative estimate of drug-likeness (QED) is 0.609. The van der Waals surface area contributed by atoms with Crippen LogP contribution in [0.2, 0.25) is 0 Å². The molecular weight excluding hydrogens is 116 g/mol. The summed E-state index contributed by atoms with van der Waals surface area (Å²) in [6.07, 6.45) is 5.52. The van der Waals surface area contributed by atoms with Gasteiger partial charge in [0.2, 0.25) is 0 Å². The summed E-state index contributed by atoms with van der Waals surface area (Å²) < 4.78 is 5.31. The van der Waals surface area contributed by atoms with Crippen LogP contribution >= 0.6 is 0 Å². The van der Waals surface area contributed by atoms with Crippen LogP contribution in [0.4, 0.5) is 0 Å². The summed E-state index contributed by atoms with van der Waals surface area (Å²) >= 11 is 0. The molecule has 1 N–H and O–H groups in total. The van der Waals surface area contributed by atoms with E-state index in [1.807, 2.05) is 6.42 Å². The second kappa shape index (κ2) is 3.85. The molecule has 0 aliphatic carbocycles. The van der Waals surface area contributed by atoms with E-state index in [-0.39, 0.29) is 6.61 Å². The van der Waals surface area contributed by atoms with Crippen LogP contribution in [-0.4, -0.2) is 24.4 Å². The van der Waals surface area contributed by atoms with Crippen LogP contribution in [-0.2, 0) is 4.74 Å². The molecule has 0 spiro atoms. The minimum atomic E-state index is 0.180. The van der Waals surface area contributed by atoms with Gasteiger partial charge in [0.25, 0.3) is 0 Å². The van der Waals surface area contributed by atoms with Crippen LogP contribution in [0, 0.1) is 6.42 Å². The standard InChI is InChI=1S/C7H13O2/c8-5-1-3-7-4-2-6-9-7/h1,7-8H,2-6H2. The molecule has 0 saturated carbocycles. The van der Waals surface area contributed by atoms with Crippen molar-refractivity contribution < 1.29 is 9.84 Å². The largest absolute Gasteiger partial charge is 0.396 e. The van der Waals surface area contributed by atoms with Gasteiger partial charge in [-0.1, -0.05) is 0 Å². The Balaban J connectivity index is 1.98. The van der Waals surface area contributed by atoms with Gasteiger partial charge in [0, 0.05) is 13.2 Å². The van der Waals surface area contributed by atoms with Gasteiger partial charge >= 0.3 is 0 Å². The summed E-state index contributed by atoms with van der Waals surface area (Å²) in [4.78, 5) is 0. The van der Waals surface area contributed by atoms with Gasteiger partial charge in [-0.25, -0.2) is 0 Å². The van der Waals surface area contributed by atoms with Crippen molar-refractivity contribution in [3.63, 3.8) is 0 Å². The minimum absolute atomic E-state index is 0.180. The summed E-state index contributed by atoms with van der Waals surface area (Å²) in [6.45, 7) is 1.09. The zero-order valence-corrected chi connectivity index (χ0v) is 5.55. The molecule has 1 heterocycles. The lowest BCUT2D eigenvalue weighted by Crippen LogP contribution is -2.05. The number of hydrogen-bond donors (Lipinski definition) is 1. The molecule has 1 radical (unpaired) electrons. The van der Waals surface area contributed by atoms with Gasteiger partial charge in [0.15, 0.2) is 0 Å². The van der Waals surface area contributed by atoms with Crippen molar-refractivity contribution >= 4 is 0 Å². The van der Waals surface area contributed by atoms with E-state index in [1.165, 1.54) is 6.42 Å². The summed E-state index contributed by atoms with van der Waals surface area (Å²) in [5, 5.41) is 8.42. The van der Waals surface area contributed by atoms with Crippen LogP contribution in [0.3, 0.4) is 0 Å². The van der Waals surface area contributed by atoms with Gasteiger partial charge in [0.05, 0.1) is 6.10 Å². The Morgan fingerprint density at radius 1 is 1.67 bits per heavy atom. The van der Waals surface area contributed by atoms with E-state index >= 15 is 0 Å². The van der Waals surface area contributed by atoms with Gasteiger partial charge in [-0.2, -0.15) is 0 Å². The van der Waals surface area contributed by atoms with Crippen molar-refractivity contribution in [3.05, 3.63) is 6.42 Å². The van der Waals surface area contributed by atoms with Crippen molar-refractivity contribution in [1.82, 2.24) is 0 Å². The first kappa shape index (κ1) is 7.03. The molecule has 0 aromatic rings. The predicted molar refractivity (Wildman–Crippen MR) is 35.0 cm³/mol. The Hall–Kier alpha value is -0.0800. The van der Waals surface area contributed by atoms with Gasteiger partial charge in [-0.3, -0.25) is 0 Å². The van der Waals surface area contributed by atoms with Crippen LogP contribution in [0.25, 0.3) is 0 Å². The first-order valence-electron chi connectivity index (χ1n) is 3.47. The molecule has 1 atom stereocenters. The normalized spacial score (nSPS) is 27.0. The first-order valence-corrected chi connectivity index (χ1v) is 3.47. The van der Waals surface area contributed by atoms with Gasteiger partial charge in [-0.15, -0.1) is 0 Å². The molecule has 1 saturated heterocycles. The van der Waals surface area contributed by atoms with E-state index < -0.39 is 0 Å². The molecule has 0 aromatic heterocycles.